The lowest BCUT2D eigenvalue weighted by atomic mass is 9.77. The number of benzene rings is 1. The third kappa shape index (κ3) is 2.96. The van der Waals surface area contributed by atoms with Crippen molar-refractivity contribution >= 4 is 17.3 Å². The Morgan fingerprint density at radius 3 is 2.62 bits per heavy atom. The molecule has 2 rings (SSSR count). The molecule has 0 radical (unpaired) electrons. The Morgan fingerprint density at radius 1 is 1.48 bits per heavy atom. The summed E-state index contributed by atoms with van der Waals surface area (Å²) in [6, 6.07) is 3.65. The van der Waals surface area contributed by atoms with Crippen LogP contribution >= 0.6 is 0 Å². The first kappa shape index (κ1) is 15.2. The minimum atomic E-state index is -1.27. The average molecular weight is 296 g/mol. The van der Waals surface area contributed by atoms with E-state index in [1.807, 2.05) is 6.92 Å². The minimum absolute atomic E-state index is 0.0862. The molecule has 0 bridgehead atoms. The van der Waals surface area contributed by atoms with E-state index in [0.29, 0.717) is 31.6 Å². The maximum Gasteiger partial charge on any atom is 0.329 e. The molecular formula is C14H17FN2O4. The molecule has 0 unspecified atom stereocenters. The van der Waals surface area contributed by atoms with Gasteiger partial charge in [-0.2, -0.15) is 4.39 Å². The molecular weight excluding hydrogens is 279 g/mol. The van der Waals surface area contributed by atoms with E-state index in [2.05, 4.69) is 5.32 Å². The number of nitro groups is 1. The lowest BCUT2D eigenvalue weighted by molar-refractivity contribution is -0.386. The van der Waals surface area contributed by atoms with Gasteiger partial charge in [0.1, 0.15) is 11.2 Å². The van der Waals surface area contributed by atoms with E-state index < -0.39 is 27.9 Å². The Morgan fingerprint density at radius 2 is 2.10 bits per heavy atom. The van der Waals surface area contributed by atoms with Gasteiger partial charge in [-0.1, -0.05) is 13.0 Å². The van der Waals surface area contributed by atoms with E-state index in [1.165, 1.54) is 12.1 Å². The van der Waals surface area contributed by atoms with E-state index >= 15 is 0 Å². The first-order valence-electron chi connectivity index (χ1n) is 6.80. The number of aliphatic carboxylic acids is 1. The molecule has 1 saturated carbocycles. The molecule has 1 aliphatic carbocycles. The lowest BCUT2D eigenvalue weighted by Gasteiger charge is -2.37. The number of hydrogen-bond acceptors (Lipinski definition) is 4. The molecule has 114 valence electrons. The normalized spacial score (nSPS) is 25.3. The quantitative estimate of drug-likeness (QED) is 0.657. The summed E-state index contributed by atoms with van der Waals surface area (Å²) in [6.45, 7) is 2.04. The lowest BCUT2D eigenvalue weighted by Crippen LogP contribution is -2.49. The summed E-state index contributed by atoms with van der Waals surface area (Å²) in [5.41, 5.74) is -2.07. The van der Waals surface area contributed by atoms with Gasteiger partial charge >= 0.3 is 11.7 Å². The number of nitrogens with one attached hydrogen (secondary N) is 1. The van der Waals surface area contributed by atoms with Gasteiger partial charge in [0.2, 0.25) is 5.82 Å². The second-order valence-corrected chi connectivity index (χ2v) is 5.59. The number of anilines is 1. The molecule has 1 aromatic rings. The van der Waals surface area contributed by atoms with E-state index in [1.54, 1.807) is 0 Å². The Bertz CT molecular complexity index is 568. The van der Waals surface area contributed by atoms with Crippen LogP contribution in [0, 0.1) is 21.8 Å². The van der Waals surface area contributed by atoms with Gasteiger partial charge in [0.15, 0.2) is 0 Å². The van der Waals surface area contributed by atoms with Crippen LogP contribution in [0.2, 0.25) is 0 Å². The summed E-state index contributed by atoms with van der Waals surface area (Å²) in [6.07, 6.45) is 2.14. The monoisotopic (exact) mass is 296 g/mol. The highest BCUT2D eigenvalue weighted by atomic mass is 19.1. The number of carboxylic acid groups (broad SMARTS) is 1. The van der Waals surface area contributed by atoms with Crippen LogP contribution in [-0.4, -0.2) is 21.5 Å². The first-order chi connectivity index (χ1) is 9.85. The molecule has 21 heavy (non-hydrogen) atoms. The van der Waals surface area contributed by atoms with Crippen molar-refractivity contribution in [1.82, 2.24) is 0 Å². The highest BCUT2D eigenvalue weighted by molar-refractivity contribution is 5.84. The number of halogens is 1. The highest BCUT2D eigenvalue weighted by Gasteiger charge is 2.42. The van der Waals surface area contributed by atoms with Crippen molar-refractivity contribution in [3.05, 3.63) is 34.1 Å². The summed E-state index contributed by atoms with van der Waals surface area (Å²) in [5, 5.41) is 23.2. The van der Waals surface area contributed by atoms with E-state index in [4.69, 9.17) is 0 Å². The predicted octanol–water partition coefficient (Wildman–Crippen LogP) is 3.18. The number of carbonyl (C=O) groups is 1. The fraction of sp³-hybridized carbons (Fsp3) is 0.500. The van der Waals surface area contributed by atoms with E-state index in [-0.39, 0.29) is 5.69 Å². The van der Waals surface area contributed by atoms with Gasteiger partial charge < -0.3 is 10.4 Å². The van der Waals surface area contributed by atoms with Crippen LogP contribution in [-0.2, 0) is 4.79 Å². The number of nitrogens with zero attached hydrogens (tertiary/aromatic N) is 1. The number of nitro benzene ring substituents is 1. The standard InChI is InChI=1S/C14H17FN2O4/c1-9-5-7-14(8-6-9,13(18)19)16-11-4-2-3-10(15)12(11)17(20)21/h2-4,9,16H,5-8H2,1H3,(H,18,19). The fourth-order valence-electron chi connectivity index (χ4n) is 2.71. The van der Waals surface area contributed by atoms with E-state index in [9.17, 15) is 24.4 Å². The van der Waals surface area contributed by atoms with Crippen molar-refractivity contribution in [3.8, 4) is 0 Å². The van der Waals surface area contributed by atoms with Crippen molar-refractivity contribution in [1.29, 1.82) is 0 Å². The molecule has 0 spiro atoms. The Labute approximate surface area is 121 Å². The summed E-state index contributed by atoms with van der Waals surface area (Å²) >= 11 is 0. The van der Waals surface area contributed by atoms with Crippen molar-refractivity contribution in [3.63, 3.8) is 0 Å². The minimum Gasteiger partial charge on any atom is -0.480 e. The van der Waals surface area contributed by atoms with Crippen molar-refractivity contribution in [2.45, 2.75) is 38.1 Å². The Hall–Kier alpha value is -2.18. The summed E-state index contributed by atoms with van der Waals surface area (Å²) in [5.74, 6) is -1.62. The van der Waals surface area contributed by atoms with Gasteiger partial charge in [0, 0.05) is 0 Å². The summed E-state index contributed by atoms with van der Waals surface area (Å²) in [7, 11) is 0. The molecule has 0 saturated heterocycles. The summed E-state index contributed by atoms with van der Waals surface area (Å²) < 4.78 is 13.6. The Balaban J connectivity index is 2.37. The molecule has 2 N–H and O–H groups in total. The number of hydrogen-bond donors (Lipinski definition) is 2. The molecule has 0 aliphatic heterocycles. The van der Waals surface area contributed by atoms with Crippen LogP contribution in [0.15, 0.2) is 18.2 Å². The maximum absolute atomic E-state index is 13.6. The third-order valence-electron chi connectivity index (χ3n) is 4.08. The average Bonchev–Trinajstić information content (AvgIpc) is 2.41. The zero-order valence-corrected chi connectivity index (χ0v) is 11.6. The zero-order chi connectivity index (χ0) is 15.6. The van der Waals surface area contributed by atoms with Crippen LogP contribution < -0.4 is 5.32 Å². The van der Waals surface area contributed by atoms with Crippen LogP contribution in [0.25, 0.3) is 0 Å². The Kier molecular flexibility index (Phi) is 4.11. The van der Waals surface area contributed by atoms with Gasteiger partial charge in [0.25, 0.3) is 0 Å². The SMILES string of the molecule is CC1CCC(Nc2cccc(F)c2[N+](=O)[O-])(C(=O)O)CC1. The third-order valence-corrected chi connectivity index (χ3v) is 4.08. The zero-order valence-electron chi connectivity index (χ0n) is 11.6. The van der Waals surface area contributed by atoms with Gasteiger partial charge in [-0.15, -0.1) is 0 Å². The molecule has 0 aromatic heterocycles. The second-order valence-electron chi connectivity index (χ2n) is 5.59. The van der Waals surface area contributed by atoms with Crippen molar-refractivity contribution in [2.75, 3.05) is 5.32 Å². The molecule has 0 amide bonds. The molecule has 1 aromatic carbocycles. The molecule has 1 aliphatic rings. The second kappa shape index (κ2) is 5.67. The van der Waals surface area contributed by atoms with Crippen LogP contribution in [0.1, 0.15) is 32.6 Å². The highest BCUT2D eigenvalue weighted by Crippen LogP contribution is 2.37. The van der Waals surface area contributed by atoms with Crippen LogP contribution in [0.4, 0.5) is 15.8 Å². The van der Waals surface area contributed by atoms with Crippen molar-refractivity contribution in [2.24, 2.45) is 5.92 Å². The predicted molar refractivity (Wildman–Crippen MR) is 74.7 cm³/mol. The van der Waals surface area contributed by atoms with Crippen LogP contribution in [0.3, 0.4) is 0 Å². The van der Waals surface area contributed by atoms with E-state index in [0.717, 1.165) is 6.07 Å². The van der Waals surface area contributed by atoms with Gasteiger partial charge in [-0.3, -0.25) is 10.1 Å². The van der Waals surface area contributed by atoms with Gasteiger partial charge in [-0.05, 0) is 43.7 Å². The largest absolute Gasteiger partial charge is 0.480 e. The molecule has 1 fully saturated rings. The summed E-state index contributed by atoms with van der Waals surface area (Å²) in [4.78, 5) is 21.8. The van der Waals surface area contributed by atoms with Crippen LogP contribution in [0.5, 0.6) is 0 Å². The molecule has 6 nitrogen and oxygen atoms in total. The number of carboxylic acids is 1. The van der Waals surface area contributed by atoms with Gasteiger partial charge in [0.05, 0.1) is 4.92 Å². The topological polar surface area (TPSA) is 92.5 Å². The first-order valence-corrected chi connectivity index (χ1v) is 6.80. The van der Waals surface area contributed by atoms with Crippen molar-refractivity contribution < 1.29 is 19.2 Å². The molecule has 0 heterocycles. The molecule has 0 atom stereocenters. The fourth-order valence-corrected chi connectivity index (χ4v) is 2.71. The van der Waals surface area contributed by atoms with Gasteiger partial charge in [-0.25, -0.2) is 4.79 Å². The number of para-hydroxylation sites is 1. The maximum atomic E-state index is 13.6. The smallest absolute Gasteiger partial charge is 0.329 e. The number of rotatable bonds is 4. The molecule has 7 heteroatoms.